The van der Waals surface area contributed by atoms with Crippen LogP contribution in [-0.4, -0.2) is 28.2 Å². The number of hydrogen-bond donors (Lipinski definition) is 1. The predicted molar refractivity (Wildman–Crippen MR) is 104 cm³/mol. The average Bonchev–Trinajstić information content (AvgIpc) is 3.13. The number of ether oxygens (including phenoxy) is 3. The normalized spacial score (nSPS) is 14.8. The molecule has 1 aliphatic heterocycles. The SMILES string of the molecule is CCOc1cccc2cc(C(C)NS(=O)(=O)c3ccc4c(c3)OCCO4)oc12. The molecule has 0 radical (unpaired) electrons. The van der Waals surface area contributed by atoms with Gasteiger partial charge in [0.1, 0.15) is 19.0 Å². The molecular weight excluding hydrogens is 382 g/mol. The molecule has 1 atom stereocenters. The zero-order valence-electron chi connectivity index (χ0n) is 15.6. The highest BCUT2D eigenvalue weighted by molar-refractivity contribution is 7.89. The van der Waals surface area contributed by atoms with Gasteiger partial charge in [0.15, 0.2) is 22.8 Å². The highest BCUT2D eigenvalue weighted by Crippen LogP contribution is 2.34. The van der Waals surface area contributed by atoms with Crippen molar-refractivity contribution in [2.75, 3.05) is 19.8 Å². The zero-order chi connectivity index (χ0) is 19.7. The summed E-state index contributed by atoms with van der Waals surface area (Å²) in [5.74, 6) is 2.10. The maximum absolute atomic E-state index is 12.8. The quantitative estimate of drug-likeness (QED) is 0.676. The Bertz CT molecular complexity index is 1110. The van der Waals surface area contributed by atoms with E-state index in [1.807, 2.05) is 31.2 Å². The summed E-state index contributed by atoms with van der Waals surface area (Å²) in [6.45, 7) is 4.98. The van der Waals surface area contributed by atoms with Crippen molar-refractivity contribution in [2.24, 2.45) is 0 Å². The monoisotopic (exact) mass is 403 g/mol. The van der Waals surface area contributed by atoms with Crippen LogP contribution in [0.5, 0.6) is 17.2 Å². The Balaban J connectivity index is 1.59. The van der Waals surface area contributed by atoms with Crippen molar-refractivity contribution in [1.82, 2.24) is 4.72 Å². The molecule has 1 aromatic heterocycles. The largest absolute Gasteiger partial charge is 0.490 e. The van der Waals surface area contributed by atoms with Crippen molar-refractivity contribution < 1.29 is 27.0 Å². The van der Waals surface area contributed by atoms with Crippen LogP contribution in [-0.2, 0) is 10.0 Å². The summed E-state index contributed by atoms with van der Waals surface area (Å²) in [6.07, 6.45) is 0. The van der Waals surface area contributed by atoms with Crippen LogP contribution in [0, 0.1) is 0 Å². The molecule has 0 spiro atoms. The van der Waals surface area contributed by atoms with Gasteiger partial charge in [-0.25, -0.2) is 13.1 Å². The molecule has 0 fully saturated rings. The molecule has 1 aliphatic rings. The second-order valence-electron chi connectivity index (χ2n) is 6.40. The second-order valence-corrected chi connectivity index (χ2v) is 8.12. The first-order chi connectivity index (χ1) is 13.5. The Labute approximate surface area is 163 Å². The van der Waals surface area contributed by atoms with Gasteiger partial charge in [-0.1, -0.05) is 12.1 Å². The highest BCUT2D eigenvalue weighted by Gasteiger charge is 2.24. The number of furan rings is 1. The van der Waals surface area contributed by atoms with Gasteiger partial charge in [-0.05, 0) is 38.1 Å². The minimum Gasteiger partial charge on any atom is -0.490 e. The van der Waals surface area contributed by atoms with Gasteiger partial charge in [0, 0.05) is 11.5 Å². The van der Waals surface area contributed by atoms with Gasteiger partial charge in [0.2, 0.25) is 10.0 Å². The lowest BCUT2D eigenvalue weighted by Gasteiger charge is -2.19. The van der Waals surface area contributed by atoms with Crippen molar-refractivity contribution in [3.8, 4) is 17.2 Å². The summed E-state index contributed by atoms with van der Waals surface area (Å²) in [4.78, 5) is 0.106. The fourth-order valence-electron chi connectivity index (χ4n) is 3.09. The smallest absolute Gasteiger partial charge is 0.241 e. The van der Waals surface area contributed by atoms with E-state index in [1.54, 1.807) is 13.0 Å². The van der Waals surface area contributed by atoms with E-state index in [9.17, 15) is 8.42 Å². The number of hydrogen-bond acceptors (Lipinski definition) is 6. The summed E-state index contributed by atoms with van der Waals surface area (Å²) in [5, 5.41) is 0.853. The number of benzene rings is 2. The van der Waals surface area contributed by atoms with E-state index in [1.165, 1.54) is 12.1 Å². The highest BCUT2D eigenvalue weighted by atomic mass is 32.2. The van der Waals surface area contributed by atoms with Crippen LogP contribution < -0.4 is 18.9 Å². The van der Waals surface area contributed by atoms with Gasteiger partial charge >= 0.3 is 0 Å². The standard InChI is InChI=1S/C20H21NO6S/c1-3-24-17-6-4-5-14-11-18(27-20(14)17)13(2)21-28(22,23)15-7-8-16-19(12-15)26-10-9-25-16/h4-8,11-13,21H,3,9-10H2,1-2H3. The summed E-state index contributed by atoms with van der Waals surface area (Å²) in [6, 6.07) is 11.4. The number of fused-ring (bicyclic) bond motifs is 2. The van der Waals surface area contributed by atoms with Crippen molar-refractivity contribution in [3.63, 3.8) is 0 Å². The lowest BCUT2D eigenvalue weighted by atomic mass is 10.2. The van der Waals surface area contributed by atoms with Crippen molar-refractivity contribution >= 4 is 21.0 Å². The number of sulfonamides is 1. The molecule has 0 saturated heterocycles. The van der Waals surface area contributed by atoms with Crippen LogP contribution in [0.2, 0.25) is 0 Å². The van der Waals surface area contributed by atoms with Gasteiger partial charge in [-0.2, -0.15) is 0 Å². The number of rotatable bonds is 6. The van der Waals surface area contributed by atoms with Crippen LogP contribution in [0.25, 0.3) is 11.0 Å². The molecule has 1 N–H and O–H groups in total. The lowest BCUT2D eigenvalue weighted by Crippen LogP contribution is -2.27. The molecule has 148 valence electrons. The van der Waals surface area contributed by atoms with E-state index in [0.29, 0.717) is 48.4 Å². The predicted octanol–water partition coefficient (Wildman–Crippen LogP) is 3.64. The zero-order valence-corrected chi connectivity index (χ0v) is 16.4. The molecule has 7 nitrogen and oxygen atoms in total. The average molecular weight is 403 g/mol. The third-order valence-corrected chi connectivity index (χ3v) is 5.95. The molecule has 28 heavy (non-hydrogen) atoms. The molecule has 0 saturated carbocycles. The van der Waals surface area contributed by atoms with Gasteiger partial charge in [-0.15, -0.1) is 0 Å². The molecule has 0 aliphatic carbocycles. The van der Waals surface area contributed by atoms with Gasteiger partial charge < -0.3 is 18.6 Å². The van der Waals surface area contributed by atoms with E-state index in [2.05, 4.69) is 4.72 Å². The number of nitrogens with one attached hydrogen (secondary N) is 1. The molecule has 4 rings (SSSR count). The van der Waals surface area contributed by atoms with E-state index >= 15 is 0 Å². The number of para-hydroxylation sites is 1. The molecule has 2 aromatic carbocycles. The topological polar surface area (TPSA) is 87.0 Å². The Morgan fingerprint density at radius 1 is 1.11 bits per heavy atom. The van der Waals surface area contributed by atoms with Crippen LogP contribution in [0.15, 0.2) is 51.8 Å². The fourth-order valence-corrected chi connectivity index (χ4v) is 4.32. The first-order valence-electron chi connectivity index (χ1n) is 9.05. The Kier molecular flexibility index (Phi) is 4.91. The minimum atomic E-state index is -3.78. The van der Waals surface area contributed by atoms with Crippen molar-refractivity contribution in [2.45, 2.75) is 24.8 Å². The van der Waals surface area contributed by atoms with E-state index in [0.717, 1.165) is 5.39 Å². The molecule has 8 heteroatoms. The van der Waals surface area contributed by atoms with Crippen molar-refractivity contribution in [3.05, 3.63) is 48.2 Å². The Hall–Kier alpha value is -2.71. The maximum atomic E-state index is 12.8. The summed E-state index contributed by atoms with van der Waals surface area (Å²) in [7, 11) is -3.78. The van der Waals surface area contributed by atoms with Gasteiger partial charge in [-0.3, -0.25) is 0 Å². The molecule has 2 heterocycles. The van der Waals surface area contributed by atoms with E-state index < -0.39 is 16.1 Å². The molecule has 0 amide bonds. The first-order valence-corrected chi connectivity index (χ1v) is 10.5. The molecular formula is C20H21NO6S. The van der Waals surface area contributed by atoms with Gasteiger partial charge in [0.25, 0.3) is 0 Å². The Morgan fingerprint density at radius 3 is 2.68 bits per heavy atom. The molecule has 3 aromatic rings. The lowest BCUT2D eigenvalue weighted by molar-refractivity contribution is 0.171. The molecule has 0 bridgehead atoms. The van der Waals surface area contributed by atoms with E-state index in [-0.39, 0.29) is 4.90 Å². The fraction of sp³-hybridized carbons (Fsp3) is 0.300. The van der Waals surface area contributed by atoms with Gasteiger partial charge in [0.05, 0.1) is 17.5 Å². The first kappa shape index (κ1) is 18.6. The molecule has 1 unspecified atom stereocenters. The third-order valence-electron chi connectivity index (χ3n) is 4.41. The summed E-state index contributed by atoms with van der Waals surface area (Å²) in [5.41, 5.74) is 0.602. The Morgan fingerprint density at radius 2 is 1.89 bits per heavy atom. The summed E-state index contributed by atoms with van der Waals surface area (Å²) < 4.78 is 50.7. The van der Waals surface area contributed by atoms with Crippen molar-refractivity contribution in [1.29, 1.82) is 0 Å². The van der Waals surface area contributed by atoms with Crippen LogP contribution in [0.4, 0.5) is 0 Å². The van der Waals surface area contributed by atoms with Crippen LogP contribution in [0.3, 0.4) is 0 Å². The minimum absolute atomic E-state index is 0.106. The second kappa shape index (κ2) is 7.37. The van der Waals surface area contributed by atoms with Crippen LogP contribution >= 0.6 is 0 Å². The summed E-state index contributed by atoms with van der Waals surface area (Å²) >= 11 is 0. The van der Waals surface area contributed by atoms with Crippen LogP contribution in [0.1, 0.15) is 25.6 Å². The third kappa shape index (κ3) is 3.53. The van der Waals surface area contributed by atoms with E-state index in [4.69, 9.17) is 18.6 Å². The maximum Gasteiger partial charge on any atom is 0.241 e.